The van der Waals surface area contributed by atoms with Crippen molar-refractivity contribution in [1.82, 2.24) is 0 Å². The first-order chi connectivity index (χ1) is 14.5. The van der Waals surface area contributed by atoms with Crippen molar-refractivity contribution in [1.29, 1.82) is 0 Å². The molecule has 0 radical (unpaired) electrons. The number of rotatable bonds is 3. The molecule has 0 spiro atoms. The number of Topliss-reactive ketones (excluding diaryl/α,β-unsaturated/α-hetero) is 1. The second-order valence-corrected chi connectivity index (χ2v) is 8.39. The lowest BCUT2D eigenvalue weighted by molar-refractivity contribution is 0.0554. The molecule has 0 N–H and O–H groups in total. The molecule has 0 aliphatic carbocycles. The first-order valence-corrected chi connectivity index (χ1v) is 10.1. The predicted molar refractivity (Wildman–Crippen MR) is 105 cm³/mol. The van der Waals surface area contributed by atoms with Crippen molar-refractivity contribution in [2.45, 2.75) is 37.1 Å². The lowest BCUT2D eigenvalue weighted by Gasteiger charge is -2.37. The van der Waals surface area contributed by atoms with Gasteiger partial charge in [-0.1, -0.05) is 0 Å². The highest BCUT2D eigenvalue weighted by Gasteiger charge is 2.53. The second-order valence-electron chi connectivity index (χ2n) is 8.39. The molecule has 1 fully saturated rings. The van der Waals surface area contributed by atoms with Crippen molar-refractivity contribution in [3.8, 4) is 28.7 Å². The largest absolute Gasteiger partial charge is 0.493 e. The van der Waals surface area contributed by atoms with Crippen LogP contribution in [0.5, 0.6) is 28.7 Å². The molecule has 4 heterocycles. The van der Waals surface area contributed by atoms with Crippen LogP contribution in [0.1, 0.15) is 34.3 Å². The van der Waals surface area contributed by atoms with Gasteiger partial charge in [0, 0.05) is 23.6 Å². The molecular weight excluding hydrogens is 388 g/mol. The molecule has 1 saturated heterocycles. The summed E-state index contributed by atoms with van der Waals surface area (Å²) in [5.74, 6) is 2.71. The van der Waals surface area contributed by atoms with Gasteiger partial charge in [-0.3, -0.25) is 4.79 Å². The summed E-state index contributed by atoms with van der Waals surface area (Å²) in [6.45, 7) is 3.02. The van der Waals surface area contributed by atoms with Crippen molar-refractivity contribution < 1.29 is 33.2 Å². The van der Waals surface area contributed by atoms with Crippen molar-refractivity contribution in [2.75, 3.05) is 27.4 Å². The molecular formula is C23H22O7. The van der Waals surface area contributed by atoms with Crippen LogP contribution >= 0.6 is 0 Å². The summed E-state index contributed by atoms with van der Waals surface area (Å²) in [5.41, 5.74) is 2.03. The van der Waals surface area contributed by atoms with Crippen molar-refractivity contribution in [3.63, 3.8) is 0 Å². The van der Waals surface area contributed by atoms with Crippen LogP contribution in [-0.4, -0.2) is 51.0 Å². The molecule has 30 heavy (non-hydrogen) atoms. The van der Waals surface area contributed by atoms with E-state index < -0.39 is 12.0 Å². The van der Waals surface area contributed by atoms with E-state index in [1.165, 1.54) is 0 Å². The molecule has 2 aromatic carbocycles. The third-order valence-corrected chi connectivity index (χ3v) is 6.60. The summed E-state index contributed by atoms with van der Waals surface area (Å²) in [4.78, 5) is 13.6. The van der Waals surface area contributed by atoms with E-state index in [0.29, 0.717) is 41.6 Å². The van der Waals surface area contributed by atoms with E-state index >= 15 is 0 Å². The van der Waals surface area contributed by atoms with Gasteiger partial charge in [0.2, 0.25) is 0 Å². The average molecular weight is 410 g/mol. The molecule has 6 rings (SSSR count). The Kier molecular flexibility index (Phi) is 3.60. The van der Waals surface area contributed by atoms with Crippen LogP contribution in [-0.2, 0) is 11.2 Å². The van der Waals surface area contributed by atoms with Gasteiger partial charge in [0.1, 0.15) is 41.7 Å². The first kappa shape index (κ1) is 17.9. The zero-order chi connectivity index (χ0) is 20.6. The predicted octanol–water partition coefficient (Wildman–Crippen LogP) is 2.92. The van der Waals surface area contributed by atoms with Gasteiger partial charge < -0.3 is 28.4 Å². The quantitative estimate of drug-likeness (QED) is 0.720. The number of hydrogen-bond donors (Lipinski definition) is 0. The highest BCUT2D eigenvalue weighted by atomic mass is 16.6. The number of carbonyl (C=O) groups excluding carboxylic acids is 1. The van der Waals surface area contributed by atoms with Crippen molar-refractivity contribution in [2.24, 2.45) is 0 Å². The van der Waals surface area contributed by atoms with Crippen molar-refractivity contribution in [3.05, 3.63) is 41.0 Å². The minimum Gasteiger partial charge on any atom is -0.493 e. The van der Waals surface area contributed by atoms with Crippen LogP contribution in [0.25, 0.3) is 0 Å². The van der Waals surface area contributed by atoms with Crippen LogP contribution in [0, 0.1) is 0 Å². The number of ether oxygens (including phenoxy) is 6. The summed E-state index contributed by atoms with van der Waals surface area (Å²) in [5, 5.41) is 0. The highest BCUT2D eigenvalue weighted by molar-refractivity contribution is 6.06. The summed E-state index contributed by atoms with van der Waals surface area (Å²) in [6, 6.07) is 7.26. The Bertz CT molecular complexity index is 1070. The van der Waals surface area contributed by atoms with Gasteiger partial charge >= 0.3 is 0 Å². The molecule has 4 aliphatic rings. The molecule has 7 nitrogen and oxygen atoms in total. The number of hydrogen-bond acceptors (Lipinski definition) is 7. The van der Waals surface area contributed by atoms with Crippen LogP contribution in [0.3, 0.4) is 0 Å². The first-order valence-electron chi connectivity index (χ1n) is 10.1. The third-order valence-electron chi connectivity index (χ3n) is 6.60. The molecule has 4 aliphatic heterocycles. The molecule has 0 aromatic heterocycles. The lowest BCUT2D eigenvalue weighted by Crippen LogP contribution is -2.43. The molecule has 0 saturated carbocycles. The Morgan fingerprint density at radius 1 is 1.07 bits per heavy atom. The normalized spacial score (nSPS) is 30.0. The maximum atomic E-state index is 13.6. The Labute approximate surface area is 173 Å². The van der Waals surface area contributed by atoms with E-state index in [4.69, 9.17) is 28.4 Å². The van der Waals surface area contributed by atoms with Gasteiger partial charge in [-0.25, -0.2) is 0 Å². The average Bonchev–Trinajstić information content (AvgIpc) is 3.35. The number of benzene rings is 2. The third kappa shape index (κ3) is 2.38. The van der Waals surface area contributed by atoms with E-state index in [1.54, 1.807) is 26.4 Å². The van der Waals surface area contributed by atoms with E-state index in [9.17, 15) is 4.79 Å². The topological polar surface area (TPSA) is 75.8 Å². The van der Waals surface area contributed by atoms with Crippen LogP contribution in [0.15, 0.2) is 24.3 Å². The number of ketones is 1. The Morgan fingerprint density at radius 3 is 2.57 bits per heavy atom. The fourth-order valence-corrected chi connectivity index (χ4v) is 4.71. The summed E-state index contributed by atoms with van der Waals surface area (Å²) in [7, 11) is 3.15. The zero-order valence-electron chi connectivity index (χ0n) is 17.0. The van der Waals surface area contributed by atoms with Crippen LogP contribution in [0.4, 0.5) is 0 Å². The van der Waals surface area contributed by atoms with Gasteiger partial charge in [-0.2, -0.15) is 0 Å². The maximum absolute atomic E-state index is 13.6. The number of epoxide rings is 1. The van der Waals surface area contributed by atoms with Crippen LogP contribution < -0.4 is 23.7 Å². The lowest BCUT2D eigenvalue weighted by atomic mass is 9.81. The molecule has 7 heteroatoms. The van der Waals surface area contributed by atoms with Crippen LogP contribution in [0.2, 0.25) is 0 Å². The summed E-state index contributed by atoms with van der Waals surface area (Å²) in [6.07, 6.45) is 0.201. The Balaban J connectivity index is 1.41. The molecule has 4 atom stereocenters. The van der Waals surface area contributed by atoms with Gasteiger partial charge in [0.25, 0.3) is 0 Å². The monoisotopic (exact) mass is 410 g/mol. The van der Waals surface area contributed by atoms with Gasteiger partial charge in [0.15, 0.2) is 17.3 Å². The van der Waals surface area contributed by atoms with E-state index in [2.05, 4.69) is 0 Å². The minimum atomic E-state index is -0.457. The molecule has 4 unspecified atom stereocenters. The van der Waals surface area contributed by atoms with Gasteiger partial charge in [-0.05, 0) is 25.1 Å². The summed E-state index contributed by atoms with van der Waals surface area (Å²) >= 11 is 0. The fraction of sp³-hybridized carbons (Fsp3) is 0.435. The zero-order valence-corrected chi connectivity index (χ0v) is 17.0. The second kappa shape index (κ2) is 6.04. The standard InChI is InChI=1S/C23H22O7/c1-23(10-28-23)19-7-13-14(29-19)5-4-11-21(24)20-12-6-16(25-2)17(26-3)8-15(12)27-9-18(20)30-22(11)13/h4-6,8,18-20H,7,9-10H2,1-3H3. The highest BCUT2D eigenvalue weighted by Crippen LogP contribution is 2.51. The van der Waals surface area contributed by atoms with Gasteiger partial charge in [0.05, 0.1) is 32.3 Å². The molecule has 2 aromatic rings. The summed E-state index contributed by atoms with van der Waals surface area (Å²) < 4.78 is 34.8. The Hall–Kier alpha value is -2.93. The smallest absolute Gasteiger partial charge is 0.178 e. The number of fused-ring (bicyclic) bond motifs is 6. The maximum Gasteiger partial charge on any atom is 0.178 e. The van der Waals surface area contributed by atoms with E-state index in [0.717, 1.165) is 16.9 Å². The van der Waals surface area contributed by atoms with Crippen molar-refractivity contribution >= 4 is 5.78 Å². The van der Waals surface area contributed by atoms with E-state index in [-0.39, 0.29) is 24.1 Å². The number of methoxy groups -OCH3 is 2. The van der Waals surface area contributed by atoms with E-state index in [1.807, 2.05) is 19.1 Å². The van der Waals surface area contributed by atoms with Gasteiger partial charge in [-0.15, -0.1) is 0 Å². The molecule has 0 bridgehead atoms. The molecule has 156 valence electrons. The SMILES string of the molecule is COc1cc2c(cc1OC)C1C(=O)c3ccc4c(c3OC1CO2)CC(C1(C)CO1)O4. The minimum absolute atomic E-state index is 0.0261. The Morgan fingerprint density at radius 2 is 1.83 bits per heavy atom. The molecule has 0 amide bonds. The number of carbonyl (C=O) groups is 1. The fourth-order valence-electron chi connectivity index (χ4n) is 4.71.